The molecule has 0 unspecified atom stereocenters. The van der Waals surface area contributed by atoms with Gasteiger partial charge < -0.3 is 14.8 Å². The van der Waals surface area contributed by atoms with Crippen molar-refractivity contribution in [2.24, 2.45) is 0 Å². The van der Waals surface area contributed by atoms with Gasteiger partial charge in [-0.1, -0.05) is 60.7 Å². The number of benzene rings is 3. The van der Waals surface area contributed by atoms with Gasteiger partial charge in [0, 0.05) is 12.5 Å². The minimum Gasteiger partial charge on any atom is -0.496 e. The molecule has 0 radical (unpaired) electrons. The summed E-state index contributed by atoms with van der Waals surface area (Å²) in [7, 11) is 1.68. The molecule has 158 valence electrons. The van der Waals surface area contributed by atoms with E-state index >= 15 is 0 Å². The van der Waals surface area contributed by atoms with Crippen LogP contribution in [0.1, 0.15) is 33.7 Å². The summed E-state index contributed by atoms with van der Waals surface area (Å²) in [5, 5.41) is 2.81. The molecular formula is C27H27NO3. The first-order chi connectivity index (χ1) is 15.1. The predicted molar refractivity (Wildman–Crippen MR) is 125 cm³/mol. The summed E-state index contributed by atoms with van der Waals surface area (Å²) >= 11 is 0. The number of carbonyl (C=O) groups is 1. The van der Waals surface area contributed by atoms with Crippen molar-refractivity contribution in [1.82, 2.24) is 5.32 Å². The Hall–Kier alpha value is -3.53. The van der Waals surface area contributed by atoms with E-state index in [0.29, 0.717) is 13.2 Å². The third-order valence-corrected chi connectivity index (χ3v) is 5.79. The molecule has 1 N–H and O–H groups in total. The van der Waals surface area contributed by atoms with Gasteiger partial charge in [-0.15, -0.1) is 0 Å². The Balaban J connectivity index is 1.33. The van der Waals surface area contributed by atoms with E-state index in [1.54, 1.807) is 7.11 Å². The van der Waals surface area contributed by atoms with Crippen LogP contribution >= 0.6 is 0 Å². The number of alkyl carbamates (subject to hydrolysis) is 1. The highest BCUT2D eigenvalue weighted by Gasteiger charge is 2.28. The molecule has 4 nitrogen and oxygen atoms in total. The molecule has 3 aromatic carbocycles. The molecule has 1 aliphatic carbocycles. The van der Waals surface area contributed by atoms with Crippen molar-refractivity contribution in [2.75, 3.05) is 20.3 Å². The number of methoxy groups -OCH3 is 1. The minimum atomic E-state index is -0.408. The van der Waals surface area contributed by atoms with Crippen LogP contribution < -0.4 is 10.1 Å². The number of aryl methyl sites for hydroxylation is 2. The van der Waals surface area contributed by atoms with Crippen LogP contribution in [-0.2, 0) is 4.74 Å². The van der Waals surface area contributed by atoms with E-state index in [-0.39, 0.29) is 5.92 Å². The molecule has 3 aromatic rings. The van der Waals surface area contributed by atoms with Crippen LogP contribution in [0.25, 0.3) is 17.2 Å². The maximum atomic E-state index is 12.3. The normalized spacial score (nSPS) is 12.5. The summed E-state index contributed by atoms with van der Waals surface area (Å²) in [6.45, 7) is 4.78. The lowest BCUT2D eigenvalue weighted by Crippen LogP contribution is -2.26. The van der Waals surface area contributed by atoms with Crippen molar-refractivity contribution in [3.05, 3.63) is 94.6 Å². The van der Waals surface area contributed by atoms with Crippen LogP contribution in [0, 0.1) is 13.8 Å². The van der Waals surface area contributed by atoms with E-state index < -0.39 is 6.09 Å². The molecular weight excluding hydrogens is 386 g/mol. The lowest BCUT2D eigenvalue weighted by Gasteiger charge is -2.14. The van der Waals surface area contributed by atoms with Gasteiger partial charge >= 0.3 is 6.09 Å². The molecule has 31 heavy (non-hydrogen) atoms. The van der Waals surface area contributed by atoms with Crippen molar-refractivity contribution in [3.8, 4) is 16.9 Å². The zero-order valence-electron chi connectivity index (χ0n) is 18.1. The van der Waals surface area contributed by atoms with Gasteiger partial charge in [0.2, 0.25) is 0 Å². The van der Waals surface area contributed by atoms with Crippen LogP contribution in [-0.4, -0.2) is 26.4 Å². The fourth-order valence-corrected chi connectivity index (χ4v) is 4.19. The first-order valence-corrected chi connectivity index (χ1v) is 10.5. The molecule has 0 atom stereocenters. The van der Waals surface area contributed by atoms with Gasteiger partial charge in [-0.2, -0.15) is 0 Å². The van der Waals surface area contributed by atoms with Crippen molar-refractivity contribution in [3.63, 3.8) is 0 Å². The third-order valence-electron chi connectivity index (χ3n) is 5.79. The van der Waals surface area contributed by atoms with Crippen LogP contribution in [0.4, 0.5) is 4.79 Å². The monoisotopic (exact) mass is 413 g/mol. The Morgan fingerprint density at radius 2 is 1.61 bits per heavy atom. The highest BCUT2D eigenvalue weighted by molar-refractivity contribution is 5.79. The Morgan fingerprint density at radius 3 is 2.26 bits per heavy atom. The van der Waals surface area contributed by atoms with E-state index in [1.165, 1.54) is 22.3 Å². The van der Waals surface area contributed by atoms with Crippen molar-refractivity contribution < 1.29 is 14.3 Å². The quantitative estimate of drug-likeness (QED) is 0.550. The second-order valence-electron chi connectivity index (χ2n) is 7.79. The summed E-state index contributed by atoms with van der Waals surface area (Å²) < 4.78 is 10.9. The number of ether oxygens (including phenoxy) is 2. The topological polar surface area (TPSA) is 47.6 Å². The Kier molecular flexibility index (Phi) is 6.08. The highest BCUT2D eigenvalue weighted by atomic mass is 16.5. The fourth-order valence-electron chi connectivity index (χ4n) is 4.19. The van der Waals surface area contributed by atoms with Gasteiger partial charge in [0.05, 0.1) is 7.11 Å². The molecule has 0 fully saturated rings. The standard InChI is InChI=1S/C27H27NO3/c1-18-16-26(30-3)19(2)15-20(18)9-8-14-28-27(29)31-17-25-23-12-6-4-10-21(23)22-11-5-7-13-24(22)25/h4-13,15-16,25H,14,17H2,1-3H3,(H,28,29). The van der Waals surface area contributed by atoms with Crippen LogP contribution in [0.2, 0.25) is 0 Å². The van der Waals surface area contributed by atoms with Crippen molar-refractivity contribution >= 4 is 12.2 Å². The summed E-state index contributed by atoms with van der Waals surface area (Å²) in [4.78, 5) is 12.3. The molecule has 0 aliphatic heterocycles. The van der Waals surface area contributed by atoms with Crippen LogP contribution in [0.15, 0.2) is 66.7 Å². The van der Waals surface area contributed by atoms with E-state index in [0.717, 1.165) is 22.4 Å². The molecule has 4 rings (SSSR count). The highest BCUT2D eigenvalue weighted by Crippen LogP contribution is 2.44. The van der Waals surface area contributed by atoms with Gasteiger partial charge in [0.25, 0.3) is 0 Å². The van der Waals surface area contributed by atoms with Crippen LogP contribution in [0.5, 0.6) is 5.75 Å². The van der Waals surface area contributed by atoms with Gasteiger partial charge in [-0.25, -0.2) is 4.79 Å². The Labute approximate surface area is 183 Å². The Bertz CT molecular complexity index is 1090. The number of amides is 1. The second kappa shape index (κ2) is 9.09. The third kappa shape index (κ3) is 4.33. The molecule has 0 aromatic heterocycles. The lowest BCUT2D eigenvalue weighted by atomic mass is 9.98. The molecule has 0 saturated carbocycles. The van der Waals surface area contributed by atoms with Crippen molar-refractivity contribution in [1.29, 1.82) is 0 Å². The van der Waals surface area contributed by atoms with Gasteiger partial charge in [-0.05, 0) is 64.9 Å². The molecule has 0 saturated heterocycles. The number of hydrogen-bond donors (Lipinski definition) is 1. The summed E-state index contributed by atoms with van der Waals surface area (Å²) in [6.07, 6.45) is 3.52. The smallest absolute Gasteiger partial charge is 0.407 e. The fraction of sp³-hybridized carbons (Fsp3) is 0.222. The maximum absolute atomic E-state index is 12.3. The van der Waals surface area contributed by atoms with Crippen molar-refractivity contribution in [2.45, 2.75) is 19.8 Å². The SMILES string of the molecule is COc1cc(C)c(C=CCNC(=O)OCC2c3ccccc3-c3ccccc32)cc1C. The van der Waals surface area contributed by atoms with Gasteiger partial charge in [0.15, 0.2) is 0 Å². The minimum absolute atomic E-state index is 0.0682. The van der Waals surface area contributed by atoms with E-state index in [2.05, 4.69) is 35.6 Å². The maximum Gasteiger partial charge on any atom is 0.407 e. The van der Waals surface area contributed by atoms with E-state index in [9.17, 15) is 4.79 Å². The summed E-state index contributed by atoms with van der Waals surface area (Å²) in [5.41, 5.74) is 8.17. The zero-order chi connectivity index (χ0) is 21.8. The number of nitrogens with one attached hydrogen (secondary N) is 1. The first kappa shape index (κ1) is 20.7. The molecule has 1 amide bonds. The summed E-state index contributed by atoms with van der Waals surface area (Å²) in [5.74, 6) is 0.949. The molecule has 1 aliphatic rings. The molecule has 0 spiro atoms. The first-order valence-electron chi connectivity index (χ1n) is 10.5. The number of carbonyl (C=O) groups excluding carboxylic acids is 1. The van der Waals surface area contributed by atoms with Crippen LogP contribution in [0.3, 0.4) is 0 Å². The van der Waals surface area contributed by atoms with E-state index in [4.69, 9.17) is 9.47 Å². The Morgan fingerprint density at radius 1 is 0.968 bits per heavy atom. The largest absolute Gasteiger partial charge is 0.496 e. The van der Waals surface area contributed by atoms with E-state index in [1.807, 2.05) is 56.3 Å². The average molecular weight is 414 g/mol. The number of fused-ring (bicyclic) bond motifs is 3. The number of hydrogen-bond acceptors (Lipinski definition) is 3. The molecule has 0 bridgehead atoms. The molecule has 4 heteroatoms. The second-order valence-corrected chi connectivity index (χ2v) is 7.79. The lowest BCUT2D eigenvalue weighted by molar-refractivity contribution is 0.144. The molecule has 0 heterocycles. The van der Waals surface area contributed by atoms with Gasteiger partial charge in [0.1, 0.15) is 12.4 Å². The van der Waals surface area contributed by atoms with Gasteiger partial charge in [-0.3, -0.25) is 0 Å². The predicted octanol–water partition coefficient (Wildman–Crippen LogP) is 5.86. The summed E-state index contributed by atoms with van der Waals surface area (Å²) in [6, 6.07) is 20.7. The average Bonchev–Trinajstić information content (AvgIpc) is 3.11. The number of rotatable bonds is 6. The zero-order valence-corrected chi connectivity index (χ0v) is 18.1.